The number of nitrogens with one attached hydrogen (secondary N) is 2. The molecule has 0 aliphatic heterocycles. The van der Waals surface area contributed by atoms with E-state index in [2.05, 4.69) is 10.0 Å². The van der Waals surface area contributed by atoms with Gasteiger partial charge < -0.3 is 5.32 Å². The maximum atomic E-state index is 11.4. The molecule has 0 spiro atoms. The highest BCUT2D eigenvalue weighted by Gasteiger charge is 2.09. The summed E-state index contributed by atoms with van der Waals surface area (Å²) in [6.07, 6.45) is 1.57. The van der Waals surface area contributed by atoms with Crippen molar-refractivity contribution in [3.63, 3.8) is 0 Å². The zero-order valence-electron chi connectivity index (χ0n) is 10.0. The van der Waals surface area contributed by atoms with Gasteiger partial charge in [0.25, 0.3) is 0 Å². The van der Waals surface area contributed by atoms with Crippen molar-refractivity contribution in [2.45, 2.75) is 33.6 Å². The van der Waals surface area contributed by atoms with E-state index in [1.807, 2.05) is 20.8 Å². The Bertz CT molecular complexity index is 238. The first-order chi connectivity index (χ1) is 6.98. The van der Waals surface area contributed by atoms with Crippen molar-refractivity contribution in [3.05, 3.63) is 0 Å². The second-order valence-corrected chi connectivity index (χ2v) is 6.03. The molecule has 0 aromatic carbocycles. The molecular formula is C10H24N2O2S. The molecule has 0 fully saturated rings. The Kier molecular flexibility index (Phi) is 8.00. The fourth-order valence-electron chi connectivity index (χ4n) is 1.08. The molecule has 92 valence electrons. The normalized spacial score (nSPS) is 12.3. The Morgan fingerprint density at radius 1 is 1.20 bits per heavy atom. The summed E-state index contributed by atoms with van der Waals surface area (Å²) >= 11 is 0. The zero-order chi connectivity index (χ0) is 11.7. The minimum atomic E-state index is -3.04. The van der Waals surface area contributed by atoms with E-state index < -0.39 is 10.0 Å². The molecule has 0 aliphatic carbocycles. The lowest BCUT2D eigenvalue weighted by Crippen LogP contribution is -2.29. The van der Waals surface area contributed by atoms with Crippen molar-refractivity contribution >= 4 is 10.0 Å². The highest BCUT2D eigenvalue weighted by molar-refractivity contribution is 7.89. The zero-order valence-corrected chi connectivity index (χ0v) is 10.9. The maximum absolute atomic E-state index is 11.4. The molecule has 0 heterocycles. The van der Waals surface area contributed by atoms with E-state index in [1.165, 1.54) is 0 Å². The molecule has 0 aromatic heterocycles. The lowest BCUT2D eigenvalue weighted by Gasteiger charge is -2.08. The molecule has 0 unspecified atom stereocenters. The van der Waals surface area contributed by atoms with Crippen molar-refractivity contribution in [2.24, 2.45) is 5.92 Å². The smallest absolute Gasteiger partial charge is 0.211 e. The minimum Gasteiger partial charge on any atom is -0.317 e. The summed E-state index contributed by atoms with van der Waals surface area (Å²) < 4.78 is 25.5. The van der Waals surface area contributed by atoms with Crippen LogP contribution >= 0.6 is 0 Å². The van der Waals surface area contributed by atoms with Crippen LogP contribution in [0.5, 0.6) is 0 Å². The fraction of sp³-hybridized carbons (Fsp3) is 1.00. The Hall–Kier alpha value is -0.130. The van der Waals surface area contributed by atoms with E-state index in [-0.39, 0.29) is 5.75 Å². The highest BCUT2D eigenvalue weighted by atomic mass is 32.2. The van der Waals surface area contributed by atoms with Gasteiger partial charge in [-0.3, -0.25) is 0 Å². The van der Waals surface area contributed by atoms with Crippen LogP contribution in [0.1, 0.15) is 33.6 Å². The first kappa shape index (κ1) is 14.9. The SMILES string of the molecule is CCNCCCNS(=O)(=O)CCC(C)C. The molecule has 0 aliphatic rings. The van der Waals surface area contributed by atoms with Gasteiger partial charge in [0.1, 0.15) is 0 Å². The molecule has 0 bridgehead atoms. The van der Waals surface area contributed by atoms with E-state index in [9.17, 15) is 8.42 Å². The molecule has 0 radical (unpaired) electrons. The molecule has 4 nitrogen and oxygen atoms in total. The molecule has 0 rings (SSSR count). The molecule has 15 heavy (non-hydrogen) atoms. The van der Waals surface area contributed by atoms with Gasteiger partial charge in [0, 0.05) is 6.54 Å². The van der Waals surface area contributed by atoms with Gasteiger partial charge >= 0.3 is 0 Å². The van der Waals surface area contributed by atoms with E-state index in [0.717, 1.165) is 25.9 Å². The van der Waals surface area contributed by atoms with Crippen LogP contribution in [0.4, 0.5) is 0 Å². The van der Waals surface area contributed by atoms with Gasteiger partial charge in [0.15, 0.2) is 0 Å². The highest BCUT2D eigenvalue weighted by Crippen LogP contribution is 2.01. The monoisotopic (exact) mass is 236 g/mol. The van der Waals surface area contributed by atoms with Crippen LogP contribution in [0.2, 0.25) is 0 Å². The molecule has 0 aromatic rings. The Morgan fingerprint density at radius 2 is 1.87 bits per heavy atom. The summed E-state index contributed by atoms with van der Waals surface area (Å²) in [5.41, 5.74) is 0. The summed E-state index contributed by atoms with van der Waals surface area (Å²) in [5, 5.41) is 3.15. The molecule has 0 amide bonds. The van der Waals surface area contributed by atoms with Crippen molar-refractivity contribution in [1.29, 1.82) is 0 Å². The standard InChI is InChI=1S/C10H24N2O2S/c1-4-11-7-5-8-12-15(13,14)9-6-10(2)3/h10-12H,4-9H2,1-3H3. The second kappa shape index (κ2) is 8.07. The third-order valence-corrected chi connectivity index (χ3v) is 3.48. The van der Waals surface area contributed by atoms with Gasteiger partial charge in [-0.1, -0.05) is 20.8 Å². The van der Waals surface area contributed by atoms with Crippen molar-refractivity contribution in [3.8, 4) is 0 Å². The summed E-state index contributed by atoms with van der Waals surface area (Å²) in [7, 11) is -3.04. The Balaban J connectivity index is 3.56. The number of rotatable bonds is 9. The van der Waals surface area contributed by atoms with Crippen LogP contribution in [0, 0.1) is 5.92 Å². The second-order valence-electron chi connectivity index (χ2n) is 4.10. The average molecular weight is 236 g/mol. The molecule has 5 heteroatoms. The molecule has 0 saturated carbocycles. The van der Waals surface area contributed by atoms with Gasteiger partial charge in [-0.05, 0) is 31.8 Å². The van der Waals surface area contributed by atoms with Gasteiger partial charge in [-0.15, -0.1) is 0 Å². The van der Waals surface area contributed by atoms with E-state index in [0.29, 0.717) is 12.5 Å². The largest absolute Gasteiger partial charge is 0.317 e. The topological polar surface area (TPSA) is 58.2 Å². The third kappa shape index (κ3) is 10.2. The van der Waals surface area contributed by atoms with Gasteiger partial charge in [0.05, 0.1) is 5.75 Å². The predicted octanol–water partition coefficient (Wildman–Crippen LogP) is 0.952. The predicted molar refractivity (Wildman–Crippen MR) is 64.4 cm³/mol. The Morgan fingerprint density at radius 3 is 2.40 bits per heavy atom. The number of sulfonamides is 1. The lowest BCUT2D eigenvalue weighted by atomic mass is 10.2. The van der Waals surface area contributed by atoms with Crippen LogP contribution < -0.4 is 10.0 Å². The van der Waals surface area contributed by atoms with Crippen LogP contribution in [0.3, 0.4) is 0 Å². The third-order valence-electron chi connectivity index (χ3n) is 2.07. The molecule has 0 saturated heterocycles. The first-order valence-corrected chi connectivity index (χ1v) is 7.31. The summed E-state index contributed by atoms with van der Waals surface area (Å²) in [4.78, 5) is 0. The minimum absolute atomic E-state index is 0.242. The Labute approximate surface area is 93.9 Å². The summed E-state index contributed by atoms with van der Waals surface area (Å²) in [6, 6.07) is 0. The van der Waals surface area contributed by atoms with Crippen molar-refractivity contribution in [2.75, 3.05) is 25.4 Å². The lowest BCUT2D eigenvalue weighted by molar-refractivity contribution is 0.557. The number of hydrogen-bond donors (Lipinski definition) is 2. The van der Waals surface area contributed by atoms with Crippen molar-refractivity contribution in [1.82, 2.24) is 10.0 Å². The van der Waals surface area contributed by atoms with E-state index in [4.69, 9.17) is 0 Å². The van der Waals surface area contributed by atoms with Crippen LogP contribution in [0.25, 0.3) is 0 Å². The van der Waals surface area contributed by atoms with Gasteiger partial charge in [0.2, 0.25) is 10.0 Å². The average Bonchev–Trinajstić information content (AvgIpc) is 2.15. The molecule has 0 atom stereocenters. The van der Waals surface area contributed by atoms with Crippen LogP contribution in [-0.2, 0) is 10.0 Å². The van der Waals surface area contributed by atoms with Gasteiger partial charge in [-0.25, -0.2) is 13.1 Å². The maximum Gasteiger partial charge on any atom is 0.211 e. The fourth-order valence-corrected chi connectivity index (χ4v) is 2.46. The summed E-state index contributed by atoms with van der Waals surface area (Å²) in [5.74, 6) is 0.676. The van der Waals surface area contributed by atoms with E-state index in [1.54, 1.807) is 0 Å². The summed E-state index contributed by atoms with van der Waals surface area (Å²) in [6.45, 7) is 8.42. The van der Waals surface area contributed by atoms with Gasteiger partial charge in [-0.2, -0.15) is 0 Å². The van der Waals surface area contributed by atoms with Crippen LogP contribution in [0.15, 0.2) is 0 Å². The number of hydrogen-bond acceptors (Lipinski definition) is 3. The quantitative estimate of drug-likeness (QED) is 0.586. The van der Waals surface area contributed by atoms with Crippen molar-refractivity contribution < 1.29 is 8.42 Å². The molecular weight excluding hydrogens is 212 g/mol. The van der Waals surface area contributed by atoms with Crippen LogP contribution in [-0.4, -0.2) is 33.8 Å². The van der Waals surface area contributed by atoms with E-state index >= 15 is 0 Å². The first-order valence-electron chi connectivity index (χ1n) is 5.66. The molecule has 2 N–H and O–H groups in total.